The topological polar surface area (TPSA) is 43.7 Å². The lowest BCUT2D eigenvalue weighted by Crippen LogP contribution is -2.36. The summed E-state index contributed by atoms with van der Waals surface area (Å²) in [5.74, 6) is -0.227. The van der Waals surface area contributed by atoms with Crippen molar-refractivity contribution in [3.63, 3.8) is 0 Å². The lowest BCUT2D eigenvalue weighted by molar-refractivity contribution is 0.178. The standard InChI is InChI=1S/C16H26FNO2/c1-11(19)9-18(10-12(2)20)13-6-7-15(17)14(8-13)16(3,4)5/h6-8,11-12,19-20H,9-10H2,1-5H3. The molecule has 0 aliphatic heterocycles. The number of benzene rings is 1. The summed E-state index contributed by atoms with van der Waals surface area (Å²) >= 11 is 0. The van der Waals surface area contributed by atoms with Crippen LogP contribution in [0.15, 0.2) is 18.2 Å². The van der Waals surface area contributed by atoms with Crippen molar-refractivity contribution in [2.24, 2.45) is 0 Å². The van der Waals surface area contributed by atoms with Gasteiger partial charge >= 0.3 is 0 Å². The van der Waals surface area contributed by atoms with Crippen molar-refractivity contribution in [1.82, 2.24) is 0 Å². The maximum absolute atomic E-state index is 13.9. The second-order valence-corrected chi connectivity index (χ2v) is 6.52. The predicted molar refractivity (Wildman–Crippen MR) is 80.7 cm³/mol. The van der Waals surface area contributed by atoms with Crippen LogP contribution < -0.4 is 4.90 Å². The molecule has 2 N–H and O–H groups in total. The second-order valence-electron chi connectivity index (χ2n) is 6.52. The second kappa shape index (κ2) is 6.55. The molecule has 2 atom stereocenters. The minimum atomic E-state index is -0.517. The summed E-state index contributed by atoms with van der Waals surface area (Å²) in [5, 5.41) is 19.2. The largest absolute Gasteiger partial charge is 0.392 e. The number of anilines is 1. The fourth-order valence-corrected chi connectivity index (χ4v) is 2.21. The molecule has 0 amide bonds. The first-order valence-electron chi connectivity index (χ1n) is 7.02. The zero-order valence-electron chi connectivity index (χ0n) is 13.0. The average molecular weight is 283 g/mol. The van der Waals surface area contributed by atoms with Gasteiger partial charge in [-0.2, -0.15) is 0 Å². The molecule has 0 heterocycles. The van der Waals surface area contributed by atoms with Crippen LogP contribution in [0.2, 0.25) is 0 Å². The maximum atomic E-state index is 13.9. The lowest BCUT2D eigenvalue weighted by atomic mass is 9.86. The summed E-state index contributed by atoms with van der Waals surface area (Å²) < 4.78 is 13.9. The fraction of sp³-hybridized carbons (Fsp3) is 0.625. The highest BCUT2D eigenvalue weighted by Crippen LogP contribution is 2.29. The molecule has 1 aromatic rings. The Labute approximate surface area is 121 Å². The van der Waals surface area contributed by atoms with E-state index in [1.54, 1.807) is 26.0 Å². The van der Waals surface area contributed by atoms with Crippen molar-refractivity contribution in [3.8, 4) is 0 Å². The number of aliphatic hydroxyl groups excluding tert-OH is 2. The Balaban J connectivity index is 3.13. The Morgan fingerprint density at radius 3 is 2.00 bits per heavy atom. The highest BCUT2D eigenvalue weighted by molar-refractivity contribution is 5.50. The van der Waals surface area contributed by atoms with Crippen LogP contribution in [-0.2, 0) is 5.41 Å². The summed E-state index contributed by atoms with van der Waals surface area (Å²) in [6.45, 7) is 10.1. The first-order chi connectivity index (χ1) is 9.11. The van der Waals surface area contributed by atoms with Gasteiger partial charge in [0.25, 0.3) is 0 Å². The van der Waals surface area contributed by atoms with Crippen LogP contribution in [-0.4, -0.2) is 35.5 Å². The molecule has 0 aliphatic rings. The fourth-order valence-electron chi connectivity index (χ4n) is 2.21. The zero-order chi connectivity index (χ0) is 15.5. The first kappa shape index (κ1) is 16.9. The minimum absolute atomic E-state index is 0.227. The van der Waals surface area contributed by atoms with Gasteiger partial charge in [-0.25, -0.2) is 4.39 Å². The van der Waals surface area contributed by atoms with Crippen LogP contribution in [0.4, 0.5) is 10.1 Å². The monoisotopic (exact) mass is 283 g/mol. The average Bonchev–Trinajstić information content (AvgIpc) is 2.25. The molecule has 4 heteroatoms. The van der Waals surface area contributed by atoms with Crippen LogP contribution in [0.1, 0.15) is 40.2 Å². The van der Waals surface area contributed by atoms with Crippen molar-refractivity contribution >= 4 is 5.69 Å². The molecule has 0 aromatic heterocycles. The van der Waals surface area contributed by atoms with E-state index in [0.29, 0.717) is 18.7 Å². The van der Waals surface area contributed by atoms with E-state index >= 15 is 0 Å². The zero-order valence-corrected chi connectivity index (χ0v) is 13.0. The molecular formula is C16H26FNO2. The number of rotatable bonds is 5. The first-order valence-corrected chi connectivity index (χ1v) is 7.02. The van der Waals surface area contributed by atoms with Gasteiger partial charge in [-0.3, -0.25) is 0 Å². The Morgan fingerprint density at radius 1 is 1.10 bits per heavy atom. The molecule has 1 rings (SSSR count). The molecule has 0 radical (unpaired) electrons. The van der Waals surface area contributed by atoms with Gasteiger partial charge in [0, 0.05) is 18.8 Å². The van der Waals surface area contributed by atoms with E-state index in [9.17, 15) is 14.6 Å². The van der Waals surface area contributed by atoms with Gasteiger partial charge < -0.3 is 15.1 Å². The smallest absolute Gasteiger partial charge is 0.127 e. The van der Waals surface area contributed by atoms with E-state index in [-0.39, 0.29) is 11.2 Å². The van der Waals surface area contributed by atoms with E-state index in [4.69, 9.17) is 0 Å². The number of hydrogen-bond donors (Lipinski definition) is 2. The number of halogens is 1. The van der Waals surface area contributed by atoms with Crippen LogP contribution in [0.5, 0.6) is 0 Å². The van der Waals surface area contributed by atoms with E-state index in [0.717, 1.165) is 5.69 Å². The van der Waals surface area contributed by atoms with E-state index in [1.165, 1.54) is 6.07 Å². The molecular weight excluding hydrogens is 257 g/mol. The Hall–Kier alpha value is -1.13. The minimum Gasteiger partial charge on any atom is -0.392 e. The molecule has 0 saturated heterocycles. The SMILES string of the molecule is CC(O)CN(CC(C)O)c1ccc(F)c(C(C)(C)C)c1. The highest BCUT2D eigenvalue weighted by Gasteiger charge is 2.21. The third kappa shape index (κ3) is 4.76. The quantitative estimate of drug-likeness (QED) is 0.873. The van der Waals surface area contributed by atoms with Gasteiger partial charge in [0.15, 0.2) is 0 Å². The summed E-state index contributed by atoms with van der Waals surface area (Å²) in [4.78, 5) is 1.88. The molecule has 3 nitrogen and oxygen atoms in total. The maximum Gasteiger partial charge on any atom is 0.127 e. The van der Waals surface area contributed by atoms with Crippen LogP contribution in [0, 0.1) is 5.82 Å². The van der Waals surface area contributed by atoms with E-state index in [1.807, 2.05) is 25.7 Å². The number of aliphatic hydroxyl groups is 2. The summed E-state index contributed by atoms with van der Waals surface area (Å²) in [6.07, 6.45) is -1.03. The summed E-state index contributed by atoms with van der Waals surface area (Å²) in [6, 6.07) is 4.95. The van der Waals surface area contributed by atoms with Gasteiger partial charge in [-0.15, -0.1) is 0 Å². The molecule has 1 aromatic carbocycles. The normalized spacial score (nSPS) is 15.0. The van der Waals surface area contributed by atoms with Gasteiger partial charge in [0.05, 0.1) is 12.2 Å². The molecule has 0 aliphatic carbocycles. The molecule has 2 unspecified atom stereocenters. The van der Waals surface area contributed by atoms with E-state index in [2.05, 4.69) is 0 Å². The van der Waals surface area contributed by atoms with Gasteiger partial charge in [-0.1, -0.05) is 20.8 Å². The van der Waals surface area contributed by atoms with Gasteiger partial charge in [0.2, 0.25) is 0 Å². The molecule has 0 saturated carbocycles. The predicted octanol–water partition coefficient (Wildman–Crippen LogP) is 2.69. The lowest BCUT2D eigenvalue weighted by Gasteiger charge is -2.29. The van der Waals surface area contributed by atoms with Gasteiger partial charge in [-0.05, 0) is 43.0 Å². The molecule has 0 bridgehead atoms. The number of hydrogen-bond acceptors (Lipinski definition) is 3. The third-order valence-electron chi connectivity index (χ3n) is 3.09. The Bertz CT molecular complexity index is 429. The highest BCUT2D eigenvalue weighted by atomic mass is 19.1. The Kier molecular flexibility index (Phi) is 5.54. The van der Waals surface area contributed by atoms with Gasteiger partial charge in [0.1, 0.15) is 5.82 Å². The molecule has 0 spiro atoms. The van der Waals surface area contributed by atoms with Crippen molar-refractivity contribution in [2.75, 3.05) is 18.0 Å². The van der Waals surface area contributed by atoms with Crippen molar-refractivity contribution in [2.45, 2.75) is 52.2 Å². The van der Waals surface area contributed by atoms with Crippen molar-refractivity contribution in [3.05, 3.63) is 29.6 Å². The van der Waals surface area contributed by atoms with Crippen molar-refractivity contribution in [1.29, 1.82) is 0 Å². The van der Waals surface area contributed by atoms with Crippen LogP contribution in [0.3, 0.4) is 0 Å². The van der Waals surface area contributed by atoms with Crippen LogP contribution >= 0.6 is 0 Å². The molecule has 20 heavy (non-hydrogen) atoms. The molecule has 0 fully saturated rings. The van der Waals surface area contributed by atoms with E-state index < -0.39 is 12.2 Å². The van der Waals surface area contributed by atoms with Crippen LogP contribution in [0.25, 0.3) is 0 Å². The summed E-state index contributed by atoms with van der Waals surface area (Å²) in [7, 11) is 0. The Morgan fingerprint density at radius 2 is 1.60 bits per heavy atom. The van der Waals surface area contributed by atoms with Crippen molar-refractivity contribution < 1.29 is 14.6 Å². The summed E-state index contributed by atoms with van der Waals surface area (Å²) in [5.41, 5.74) is 1.16. The number of nitrogens with zero attached hydrogens (tertiary/aromatic N) is 1. The third-order valence-corrected chi connectivity index (χ3v) is 3.09. The molecule has 114 valence electrons.